The highest BCUT2D eigenvalue weighted by molar-refractivity contribution is 7.77. The van der Waals surface area contributed by atoms with Gasteiger partial charge in [-0.1, -0.05) is 0 Å². The molecule has 2 rings (SSSR count). The van der Waals surface area contributed by atoms with Crippen LogP contribution in [0.2, 0.25) is 0 Å². The molecular formula is C12H22N2O4S. The Hall–Kier alpha value is -0.660. The molecule has 110 valence electrons. The molecule has 2 aliphatic heterocycles. The highest BCUT2D eigenvalue weighted by atomic mass is 32.2. The first-order valence-corrected chi connectivity index (χ1v) is 7.70. The Morgan fingerprint density at radius 1 is 1.37 bits per heavy atom. The molecule has 0 bridgehead atoms. The van der Waals surface area contributed by atoms with Gasteiger partial charge >= 0.3 is 6.09 Å². The third-order valence-electron chi connectivity index (χ3n) is 3.12. The first-order valence-electron chi connectivity index (χ1n) is 6.66. The molecule has 2 saturated heterocycles. The maximum atomic E-state index is 12.1. The molecule has 0 N–H and O–H groups in total. The Morgan fingerprint density at radius 2 is 2.11 bits per heavy atom. The first-order chi connectivity index (χ1) is 8.87. The second-order valence-corrected chi connectivity index (χ2v) is 7.04. The van der Waals surface area contributed by atoms with E-state index in [2.05, 4.69) is 0 Å². The number of hydrogen-bond donors (Lipinski definition) is 0. The molecule has 0 radical (unpaired) electrons. The van der Waals surface area contributed by atoms with Crippen LogP contribution in [0, 0.1) is 0 Å². The van der Waals surface area contributed by atoms with E-state index in [1.54, 1.807) is 4.90 Å². The van der Waals surface area contributed by atoms with E-state index in [-0.39, 0.29) is 12.1 Å². The molecule has 0 unspecified atom stereocenters. The molecule has 2 atom stereocenters. The van der Waals surface area contributed by atoms with E-state index in [0.717, 1.165) is 12.8 Å². The van der Waals surface area contributed by atoms with Crippen LogP contribution in [-0.4, -0.2) is 57.4 Å². The van der Waals surface area contributed by atoms with Crippen LogP contribution in [-0.2, 0) is 20.2 Å². The van der Waals surface area contributed by atoms with Gasteiger partial charge in [-0.2, -0.15) is 4.31 Å². The van der Waals surface area contributed by atoms with Crippen molar-refractivity contribution in [3.63, 3.8) is 0 Å². The highest BCUT2D eigenvalue weighted by Crippen LogP contribution is 2.21. The topological polar surface area (TPSA) is 59.1 Å². The molecule has 7 heteroatoms. The number of hydrogen-bond acceptors (Lipinski definition) is 4. The van der Waals surface area contributed by atoms with Crippen molar-refractivity contribution in [2.45, 2.75) is 45.3 Å². The third kappa shape index (κ3) is 3.90. The maximum absolute atomic E-state index is 12.1. The largest absolute Gasteiger partial charge is 0.444 e. The zero-order valence-electron chi connectivity index (χ0n) is 11.8. The van der Waals surface area contributed by atoms with Crippen molar-refractivity contribution in [2.75, 3.05) is 26.2 Å². The van der Waals surface area contributed by atoms with Gasteiger partial charge in [0, 0.05) is 25.7 Å². The van der Waals surface area contributed by atoms with Crippen LogP contribution in [0.1, 0.15) is 33.6 Å². The van der Waals surface area contributed by atoms with Gasteiger partial charge < -0.3 is 9.64 Å². The van der Waals surface area contributed by atoms with Crippen LogP contribution in [0.3, 0.4) is 0 Å². The number of ether oxygens (including phenoxy) is 1. The number of fused-ring (bicyclic) bond motifs is 1. The van der Waals surface area contributed by atoms with Crippen LogP contribution in [0.15, 0.2) is 0 Å². The van der Waals surface area contributed by atoms with Gasteiger partial charge in [0.05, 0.1) is 6.61 Å². The van der Waals surface area contributed by atoms with E-state index in [4.69, 9.17) is 8.92 Å². The summed E-state index contributed by atoms with van der Waals surface area (Å²) in [6.07, 6.45) is 1.29. The number of rotatable bonds is 0. The lowest BCUT2D eigenvalue weighted by molar-refractivity contribution is 0.0230. The predicted octanol–water partition coefficient (Wildman–Crippen LogP) is 1.30. The molecule has 0 aromatic carbocycles. The summed E-state index contributed by atoms with van der Waals surface area (Å²) >= 11 is -1.36. The Kier molecular flexibility index (Phi) is 4.47. The fourth-order valence-corrected chi connectivity index (χ4v) is 3.35. The van der Waals surface area contributed by atoms with Crippen molar-refractivity contribution in [1.29, 1.82) is 0 Å². The second-order valence-electron chi connectivity index (χ2n) is 5.90. The number of carbonyl (C=O) groups excluding carboxylic acids is 1. The average molecular weight is 290 g/mol. The first kappa shape index (κ1) is 14.7. The average Bonchev–Trinajstić information content (AvgIpc) is 2.50. The van der Waals surface area contributed by atoms with E-state index in [1.165, 1.54) is 0 Å². The zero-order valence-corrected chi connectivity index (χ0v) is 12.6. The standard InChI is InChI=1S/C12H22N2O4S/c1-12(2,3)18-11(15)13-6-4-7-14-10(9-13)5-8-17-19(14)16/h10H,4-9H2,1-3H3/t10-,19-/m1/s1. The SMILES string of the molecule is CC(C)(C)OC(=O)N1CCCN2[C@H](CCO[S@]2=O)C1. The Labute approximate surface area is 116 Å². The van der Waals surface area contributed by atoms with E-state index in [0.29, 0.717) is 26.2 Å². The minimum absolute atomic E-state index is 0.101. The van der Waals surface area contributed by atoms with Gasteiger partial charge in [-0.05, 0) is 33.6 Å². The van der Waals surface area contributed by atoms with Gasteiger partial charge in [-0.25, -0.2) is 9.00 Å². The van der Waals surface area contributed by atoms with E-state index in [1.807, 2.05) is 25.1 Å². The summed E-state index contributed by atoms with van der Waals surface area (Å²) in [5.41, 5.74) is -0.485. The van der Waals surface area contributed by atoms with Crippen LogP contribution >= 0.6 is 0 Å². The second kappa shape index (κ2) is 5.76. The monoisotopic (exact) mass is 290 g/mol. The van der Waals surface area contributed by atoms with Gasteiger partial charge in [0.2, 0.25) is 11.3 Å². The lowest BCUT2D eigenvalue weighted by atomic mass is 10.2. The molecule has 0 saturated carbocycles. The van der Waals surface area contributed by atoms with Crippen molar-refractivity contribution >= 4 is 17.4 Å². The molecule has 1 amide bonds. The Morgan fingerprint density at radius 3 is 2.79 bits per heavy atom. The molecule has 19 heavy (non-hydrogen) atoms. The van der Waals surface area contributed by atoms with Crippen molar-refractivity contribution in [2.24, 2.45) is 0 Å². The van der Waals surface area contributed by atoms with Gasteiger partial charge in [0.25, 0.3) is 0 Å². The molecule has 2 fully saturated rings. The predicted molar refractivity (Wildman–Crippen MR) is 71.6 cm³/mol. The fourth-order valence-electron chi connectivity index (χ4n) is 2.28. The van der Waals surface area contributed by atoms with Crippen molar-refractivity contribution < 1.29 is 17.9 Å². The van der Waals surface area contributed by atoms with Crippen molar-refractivity contribution in [3.05, 3.63) is 0 Å². The summed E-state index contributed by atoms with van der Waals surface area (Å²) < 4.78 is 24.2. The molecule has 0 aromatic rings. The van der Waals surface area contributed by atoms with E-state index < -0.39 is 16.9 Å². The molecular weight excluding hydrogens is 268 g/mol. The lowest BCUT2D eigenvalue weighted by Crippen LogP contribution is -2.48. The van der Waals surface area contributed by atoms with Gasteiger partial charge in [0.15, 0.2) is 0 Å². The molecule has 2 aliphatic rings. The summed E-state index contributed by atoms with van der Waals surface area (Å²) in [4.78, 5) is 13.8. The minimum atomic E-state index is -1.36. The zero-order chi connectivity index (χ0) is 14.0. The van der Waals surface area contributed by atoms with Crippen LogP contribution in [0.4, 0.5) is 4.79 Å². The van der Waals surface area contributed by atoms with Gasteiger partial charge in [-0.3, -0.25) is 4.18 Å². The van der Waals surface area contributed by atoms with E-state index >= 15 is 0 Å². The summed E-state index contributed by atoms with van der Waals surface area (Å²) in [7, 11) is 0. The number of carbonyl (C=O) groups is 1. The number of amides is 1. The third-order valence-corrected chi connectivity index (χ3v) is 4.36. The summed E-state index contributed by atoms with van der Waals surface area (Å²) in [6, 6.07) is 0.101. The summed E-state index contributed by atoms with van der Waals surface area (Å²) in [6.45, 7) is 7.95. The summed E-state index contributed by atoms with van der Waals surface area (Å²) in [5.74, 6) is 0. The molecule has 0 aliphatic carbocycles. The van der Waals surface area contributed by atoms with E-state index in [9.17, 15) is 9.00 Å². The minimum Gasteiger partial charge on any atom is -0.444 e. The maximum Gasteiger partial charge on any atom is 0.410 e. The van der Waals surface area contributed by atoms with Crippen LogP contribution in [0.25, 0.3) is 0 Å². The fraction of sp³-hybridized carbons (Fsp3) is 0.917. The van der Waals surface area contributed by atoms with Crippen molar-refractivity contribution in [1.82, 2.24) is 9.21 Å². The Bertz CT molecular complexity index is 369. The van der Waals surface area contributed by atoms with Crippen LogP contribution < -0.4 is 0 Å². The lowest BCUT2D eigenvalue weighted by Gasteiger charge is -2.33. The number of nitrogens with zero attached hydrogens (tertiary/aromatic N) is 2. The normalized spacial score (nSPS) is 29.5. The Balaban J connectivity index is 2.00. The van der Waals surface area contributed by atoms with Crippen LogP contribution in [0.5, 0.6) is 0 Å². The molecule has 0 aromatic heterocycles. The highest BCUT2D eigenvalue weighted by Gasteiger charge is 2.35. The van der Waals surface area contributed by atoms with Gasteiger partial charge in [0.1, 0.15) is 5.60 Å². The summed E-state index contributed by atoms with van der Waals surface area (Å²) in [5, 5.41) is 0. The molecule has 0 spiro atoms. The van der Waals surface area contributed by atoms with Gasteiger partial charge in [-0.15, -0.1) is 0 Å². The quantitative estimate of drug-likeness (QED) is 0.674. The molecule has 2 heterocycles. The van der Waals surface area contributed by atoms with Crippen molar-refractivity contribution in [3.8, 4) is 0 Å². The molecule has 6 nitrogen and oxygen atoms in total. The smallest absolute Gasteiger partial charge is 0.410 e.